The topological polar surface area (TPSA) is 33.4 Å². The second kappa shape index (κ2) is 3.42. The molecule has 16 heavy (non-hydrogen) atoms. The van der Waals surface area contributed by atoms with Crippen LogP contribution in [0.5, 0.6) is 5.95 Å². The fourth-order valence-corrected chi connectivity index (χ4v) is 1.92. The number of benzene rings is 2. The molecule has 0 unspecified atom stereocenters. The van der Waals surface area contributed by atoms with Gasteiger partial charge >= 0.3 is 0 Å². The lowest BCUT2D eigenvalue weighted by Gasteiger charge is -1.97. The van der Waals surface area contributed by atoms with Gasteiger partial charge in [-0.25, -0.2) is 0 Å². The molecule has 0 radical (unpaired) electrons. The van der Waals surface area contributed by atoms with Crippen LogP contribution in [-0.2, 0) is 0 Å². The van der Waals surface area contributed by atoms with Crippen LogP contribution in [0.25, 0.3) is 22.1 Å². The lowest BCUT2D eigenvalue weighted by Crippen LogP contribution is -1.74. The molecule has 2 heteroatoms. The second-order valence-corrected chi connectivity index (χ2v) is 3.64. The third-order valence-corrected chi connectivity index (χ3v) is 2.64. The molecule has 1 heterocycles. The molecule has 0 aliphatic heterocycles. The Labute approximate surface area is 92.8 Å². The summed E-state index contributed by atoms with van der Waals surface area (Å²) < 4.78 is 5.31. The van der Waals surface area contributed by atoms with Crippen LogP contribution in [0.1, 0.15) is 0 Å². The molecule has 3 rings (SSSR count). The molecule has 0 saturated carbocycles. The lowest BCUT2D eigenvalue weighted by atomic mass is 10.0. The molecule has 3 aromatic rings. The van der Waals surface area contributed by atoms with Gasteiger partial charge in [0.05, 0.1) is 5.56 Å². The van der Waals surface area contributed by atoms with Crippen LogP contribution in [0.4, 0.5) is 0 Å². The first-order valence-corrected chi connectivity index (χ1v) is 5.12. The van der Waals surface area contributed by atoms with Crippen molar-refractivity contribution in [3.8, 4) is 17.1 Å². The molecule has 2 nitrogen and oxygen atoms in total. The van der Waals surface area contributed by atoms with Crippen molar-refractivity contribution in [1.82, 2.24) is 0 Å². The molecule has 0 bridgehead atoms. The van der Waals surface area contributed by atoms with E-state index in [2.05, 4.69) is 0 Å². The first-order valence-electron chi connectivity index (χ1n) is 5.12. The predicted octanol–water partition coefficient (Wildman–Crippen LogP) is 3.81. The van der Waals surface area contributed by atoms with Crippen molar-refractivity contribution in [2.75, 3.05) is 0 Å². The SMILES string of the molecule is Oc1oc2ccccc2c1-c1ccccc1. The number of hydrogen-bond donors (Lipinski definition) is 1. The molecule has 2 aromatic carbocycles. The lowest BCUT2D eigenvalue weighted by molar-refractivity contribution is 0.348. The highest BCUT2D eigenvalue weighted by atomic mass is 16.5. The Morgan fingerprint density at radius 3 is 2.31 bits per heavy atom. The highest BCUT2D eigenvalue weighted by Crippen LogP contribution is 2.38. The molecule has 0 fully saturated rings. The maximum Gasteiger partial charge on any atom is 0.291 e. The van der Waals surface area contributed by atoms with E-state index in [-0.39, 0.29) is 5.95 Å². The average Bonchev–Trinajstić information content (AvgIpc) is 2.66. The van der Waals surface area contributed by atoms with Crippen molar-refractivity contribution < 1.29 is 9.52 Å². The Morgan fingerprint density at radius 1 is 0.812 bits per heavy atom. The highest BCUT2D eigenvalue weighted by molar-refractivity contribution is 5.96. The van der Waals surface area contributed by atoms with Gasteiger partial charge in [0, 0.05) is 5.39 Å². The van der Waals surface area contributed by atoms with Crippen LogP contribution < -0.4 is 0 Å². The Bertz CT molecular complexity index is 624. The van der Waals surface area contributed by atoms with Gasteiger partial charge in [-0.2, -0.15) is 0 Å². The summed E-state index contributed by atoms with van der Waals surface area (Å²) in [5, 5.41) is 10.8. The summed E-state index contributed by atoms with van der Waals surface area (Å²) in [6.45, 7) is 0. The quantitative estimate of drug-likeness (QED) is 0.662. The molecular weight excluding hydrogens is 200 g/mol. The van der Waals surface area contributed by atoms with Gasteiger partial charge in [0.2, 0.25) is 0 Å². The van der Waals surface area contributed by atoms with Crippen LogP contribution in [0.15, 0.2) is 59.0 Å². The minimum absolute atomic E-state index is 0.0209. The number of furan rings is 1. The third kappa shape index (κ3) is 1.27. The standard InChI is InChI=1S/C14H10O2/c15-14-13(10-6-2-1-3-7-10)11-8-4-5-9-12(11)16-14/h1-9,15H. The molecular formula is C14H10O2. The zero-order valence-corrected chi connectivity index (χ0v) is 8.55. The maximum absolute atomic E-state index is 9.82. The molecule has 0 atom stereocenters. The van der Waals surface area contributed by atoms with Crippen LogP contribution >= 0.6 is 0 Å². The van der Waals surface area contributed by atoms with E-state index >= 15 is 0 Å². The summed E-state index contributed by atoms with van der Waals surface area (Å²) >= 11 is 0. The first kappa shape index (κ1) is 9.04. The van der Waals surface area contributed by atoms with Gasteiger partial charge < -0.3 is 9.52 Å². The van der Waals surface area contributed by atoms with E-state index in [9.17, 15) is 5.11 Å². The van der Waals surface area contributed by atoms with Crippen LogP contribution in [0, 0.1) is 0 Å². The van der Waals surface area contributed by atoms with E-state index in [1.54, 1.807) is 0 Å². The van der Waals surface area contributed by atoms with Gasteiger partial charge in [0.15, 0.2) is 0 Å². The van der Waals surface area contributed by atoms with Crippen LogP contribution in [-0.4, -0.2) is 5.11 Å². The van der Waals surface area contributed by atoms with Gasteiger partial charge in [-0.3, -0.25) is 0 Å². The zero-order chi connectivity index (χ0) is 11.0. The normalized spacial score (nSPS) is 10.8. The van der Waals surface area contributed by atoms with Crippen LogP contribution in [0.2, 0.25) is 0 Å². The number of aromatic hydroxyl groups is 1. The second-order valence-electron chi connectivity index (χ2n) is 3.64. The first-order chi connectivity index (χ1) is 7.86. The molecule has 0 aliphatic rings. The summed E-state index contributed by atoms with van der Waals surface area (Å²) in [5.41, 5.74) is 2.43. The van der Waals surface area contributed by atoms with Crippen molar-refractivity contribution >= 4 is 11.0 Å². The Morgan fingerprint density at radius 2 is 1.50 bits per heavy atom. The summed E-state index contributed by atoms with van der Waals surface area (Å²) in [5.74, 6) is -0.0209. The summed E-state index contributed by atoms with van der Waals surface area (Å²) in [7, 11) is 0. The van der Waals surface area contributed by atoms with Gasteiger partial charge in [-0.15, -0.1) is 0 Å². The largest absolute Gasteiger partial charge is 0.480 e. The molecule has 0 spiro atoms. The molecule has 0 amide bonds. The minimum Gasteiger partial charge on any atom is -0.480 e. The van der Waals surface area contributed by atoms with E-state index in [4.69, 9.17) is 4.42 Å². The Balaban J connectivity index is 2.35. The Kier molecular flexibility index (Phi) is 1.93. The smallest absolute Gasteiger partial charge is 0.291 e. The van der Waals surface area contributed by atoms with Gasteiger partial charge in [0.1, 0.15) is 5.58 Å². The number of hydrogen-bond acceptors (Lipinski definition) is 2. The maximum atomic E-state index is 9.82. The van der Waals surface area contributed by atoms with E-state index < -0.39 is 0 Å². The Hall–Kier alpha value is -2.22. The molecule has 0 aliphatic carbocycles. The molecule has 0 saturated heterocycles. The zero-order valence-electron chi connectivity index (χ0n) is 8.55. The van der Waals surface area contributed by atoms with Crippen molar-refractivity contribution in [2.45, 2.75) is 0 Å². The van der Waals surface area contributed by atoms with E-state index in [1.165, 1.54) is 0 Å². The van der Waals surface area contributed by atoms with E-state index in [1.807, 2.05) is 54.6 Å². The van der Waals surface area contributed by atoms with Crippen molar-refractivity contribution in [3.63, 3.8) is 0 Å². The fraction of sp³-hybridized carbons (Fsp3) is 0. The van der Waals surface area contributed by atoms with Crippen molar-refractivity contribution in [2.24, 2.45) is 0 Å². The number of para-hydroxylation sites is 1. The summed E-state index contributed by atoms with van der Waals surface area (Å²) in [6.07, 6.45) is 0. The third-order valence-electron chi connectivity index (χ3n) is 2.64. The molecule has 78 valence electrons. The van der Waals surface area contributed by atoms with Crippen LogP contribution in [0.3, 0.4) is 0 Å². The monoisotopic (exact) mass is 210 g/mol. The van der Waals surface area contributed by atoms with Gasteiger partial charge in [-0.1, -0.05) is 48.5 Å². The summed E-state index contributed by atoms with van der Waals surface area (Å²) in [6, 6.07) is 17.4. The molecule has 1 N–H and O–H groups in total. The van der Waals surface area contributed by atoms with Gasteiger partial charge in [-0.05, 0) is 11.6 Å². The fourth-order valence-electron chi connectivity index (χ4n) is 1.92. The highest BCUT2D eigenvalue weighted by Gasteiger charge is 2.13. The summed E-state index contributed by atoms with van der Waals surface area (Å²) in [4.78, 5) is 0. The molecule has 1 aromatic heterocycles. The average molecular weight is 210 g/mol. The van der Waals surface area contributed by atoms with Gasteiger partial charge in [0.25, 0.3) is 5.95 Å². The van der Waals surface area contributed by atoms with E-state index in [0.29, 0.717) is 5.58 Å². The van der Waals surface area contributed by atoms with E-state index in [0.717, 1.165) is 16.5 Å². The van der Waals surface area contributed by atoms with Crippen molar-refractivity contribution in [3.05, 3.63) is 54.6 Å². The minimum atomic E-state index is -0.0209. The number of rotatable bonds is 1. The number of fused-ring (bicyclic) bond motifs is 1. The van der Waals surface area contributed by atoms with Crippen molar-refractivity contribution in [1.29, 1.82) is 0 Å². The predicted molar refractivity (Wildman–Crippen MR) is 63.3 cm³/mol.